The molecule has 1 fully saturated rings. The van der Waals surface area contributed by atoms with Gasteiger partial charge in [-0.25, -0.2) is 0 Å². The van der Waals surface area contributed by atoms with E-state index in [-0.39, 0.29) is 6.04 Å². The maximum absolute atomic E-state index is 5.65. The zero-order valence-electron chi connectivity index (χ0n) is 9.90. The lowest BCUT2D eigenvalue weighted by Crippen LogP contribution is -2.42. The zero-order chi connectivity index (χ0) is 12.3. The van der Waals surface area contributed by atoms with Crippen molar-refractivity contribution in [2.45, 2.75) is 31.9 Å². The molecule has 0 aromatic carbocycles. The zero-order valence-corrected chi connectivity index (χ0v) is 11.5. The summed E-state index contributed by atoms with van der Waals surface area (Å²) in [4.78, 5) is 4.17. The van der Waals surface area contributed by atoms with Gasteiger partial charge in [0.1, 0.15) is 0 Å². The van der Waals surface area contributed by atoms with Gasteiger partial charge in [0.05, 0.1) is 12.7 Å². The van der Waals surface area contributed by atoms with Crippen LogP contribution in [0.3, 0.4) is 0 Å². The molecule has 0 bridgehead atoms. The van der Waals surface area contributed by atoms with Crippen molar-refractivity contribution in [3.63, 3.8) is 0 Å². The summed E-state index contributed by atoms with van der Waals surface area (Å²) >= 11 is 3.43. The number of hydrogen-bond acceptors (Lipinski definition) is 4. The summed E-state index contributed by atoms with van der Waals surface area (Å²) in [6.07, 6.45) is 5.96. The molecule has 0 radical (unpaired) electrons. The molecule has 3 N–H and O–H groups in total. The highest BCUT2D eigenvalue weighted by Crippen LogP contribution is 2.24. The second kappa shape index (κ2) is 5.91. The Bertz CT molecular complexity index is 375. The highest BCUT2D eigenvalue weighted by molar-refractivity contribution is 9.10. The fourth-order valence-corrected chi connectivity index (χ4v) is 2.73. The van der Waals surface area contributed by atoms with Crippen molar-refractivity contribution < 1.29 is 4.74 Å². The van der Waals surface area contributed by atoms with Crippen molar-refractivity contribution >= 4 is 15.9 Å². The number of pyridine rings is 1. The van der Waals surface area contributed by atoms with E-state index in [1.54, 1.807) is 6.20 Å². The summed E-state index contributed by atoms with van der Waals surface area (Å²) in [7, 11) is 0. The minimum atomic E-state index is 0.246. The van der Waals surface area contributed by atoms with E-state index >= 15 is 0 Å². The van der Waals surface area contributed by atoms with Crippen molar-refractivity contribution in [3.05, 3.63) is 28.5 Å². The van der Waals surface area contributed by atoms with Crippen LogP contribution in [-0.2, 0) is 11.2 Å². The Kier molecular flexibility index (Phi) is 4.50. The summed E-state index contributed by atoms with van der Waals surface area (Å²) in [5.74, 6) is 6.13. The number of nitrogens with one attached hydrogen (secondary N) is 1. The largest absolute Gasteiger partial charge is 0.378 e. The second-order valence-electron chi connectivity index (χ2n) is 4.63. The molecule has 2 rings (SSSR count). The van der Waals surface area contributed by atoms with E-state index in [9.17, 15) is 0 Å². The predicted molar refractivity (Wildman–Crippen MR) is 70.3 cm³/mol. The molecule has 1 aromatic heterocycles. The highest BCUT2D eigenvalue weighted by Gasteiger charge is 2.29. The van der Waals surface area contributed by atoms with Crippen LogP contribution in [0.5, 0.6) is 0 Å². The molecule has 0 amide bonds. The standard InChI is InChI=1S/C12H18BrN3O/c1-8-2-10(7-17-8)12(16-14)4-9-3-11(13)6-15-5-9/h3,5-6,8,10,12,16H,2,4,7,14H2,1H3. The van der Waals surface area contributed by atoms with Gasteiger partial charge in [0.2, 0.25) is 0 Å². The van der Waals surface area contributed by atoms with E-state index in [1.807, 2.05) is 6.20 Å². The molecule has 3 atom stereocenters. The van der Waals surface area contributed by atoms with Gasteiger partial charge >= 0.3 is 0 Å². The Balaban J connectivity index is 2.00. The monoisotopic (exact) mass is 299 g/mol. The summed E-state index contributed by atoms with van der Waals surface area (Å²) < 4.78 is 6.59. The molecule has 4 nitrogen and oxygen atoms in total. The third-order valence-corrected chi connectivity index (χ3v) is 3.66. The van der Waals surface area contributed by atoms with Gasteiger partial charge in [-0.3, -0.25) is 16.3 Å². The van der Waals surface area contributed by atoms with E-state index < -0.39 is 0 Å². The summed E-state index contributed by atoms with van der Waals surface area (Å²) in [5, 5.41) is 0. The van der Waals surface area contributed by atoms with E-state index in [0.717, 1.165) is 23.9 Å². The van der Waals surface area contributed by atoms with Gasteiger partial charge in [0.15, 0.2) is 0 Å². The first kappa shape index (κ1) is 13.0. The molecule has 0 aliphatic carbocycles. The molecule has 1 aliphatic rings. The Hall–Kier alpha value is -0.490. The number of hydrogen-bond donors (Lipinski definition) is 2. The normalized spacial score (nSPS) is 26.1. The lowest BCUT2D eigenvalue weighted by molar-refractivity contribution is 0.117. The molecule has 94 valence electrons. The van der Waals surface area contributed by atoms with Gasteiger partial charge in [-0.15, -0.1) is 0 Å². The first-order chi connectivity index (χ1) is 8.19. The van der Waals surface area contributed by atoms with Crippen LogP contribution in [0.15, 0.2) is 22.9 Å². The minimum absolute atomic E-state index is 0.246. The number of hydrazine groups is 1. The Morgan fingerprint density at radius 2 is 2.47 bits per heavy atom. The van der Waals surface area contributed by atoms with Gasteiger partial charge in [0, 0.05) is 28.8 Å². The molecule has 1 aromatic rings. The second-order valence-corrected chi connectivity index (χ2v) is 5.54. The summed E-state index contributed by atoms with van der Waals surface area (Å²) in [5.41, 5.74) is 4.09. The molecular weight excluding hydrogens is 282 g/mol. The first-order valence-electron chi connectivity index (χ1n) is 5.86. The Labute approximate surface area is 110 Å². The van der Waals surface area contributed by atoms with Crippen molar-refractivity contribution in [2.24, 2.45) is 11.8 Å². The van der Waals surface area contributed by atoms with Crippen LogP contribution in [-0.4, -0.2) is 23.7 Å². The maximum atomic E-state index is 5.65. The smallest absolute Gasteiger partial charge is 0.0551 e. The number of nitrogens with zero attached hydrogens (tertiary/aromatic N) is 1. The minimum Gasteiger partial charge on any atom is -0.378 e. The lowest BCUT2D eigenvalue weighted by atomic mass is 9.92. The van der Waals surface area contributed by atoms with E-state index in [1.165, 1.54) is 5.56 Å². The van der Waals surface area contributed by atoms with Crippen molar-refractivity contribution in [3.8, 4) is 0 Å². The molecule has 1 saturated heterocycles. The summed E-state index contributed by atoms with van der Waals surface area (Å²) in [6, 6.07) is 2.33. The van der Waals surface area contributed by atoms with Crippen LogP contribution < -0.4 is 11.3 Å². The first-order valence-corrected chi connectivity index (χ1v) is 6.65. The van der Waals surface area contributed by atoms with Gasteiger partial charge < -0.3 is 4.74 Å². The molecule has 1 aliphatic heterocycles. The topological polar surface area (TPSA) is 60.2 Å². The van der Waals surface area contributed by atoms with Crippen molar-refractivity contribution in [2.75, 3.05) is 6.61 Å². The molecule has 17 heavy (non-hydrogen) atoms. The molecule has 2 heterocycles. The Morgan fingerprint density at radius 3 is 3.06 bits per heavy atom. The number of nitrogens with two attached hydrogens (primary N) is 1. The number of rotatable bonds is 4. The highest BCUT2D eigenvalue weighted by atomic mass is 79.9. The SMILES string of the molecule is CC1CC(C(Cc2cncc(Br)c2)NN)CO1. The van der Waals surface area contributed by atoms with Crippen LogP contribution >= 0.6 is 15.9 Å². The molecule has 5 heteroatoms. The molecule has 3 unspecified atom stereocenters. The average Bonchev–Trinajstić information content (AvgIpc) is 2.73. The van der Waals surface area contributed by atoms with E-state index in [4.69, 9.17) is 10.6 Å². The third kappa shape index (κ3) is 3.48. The van der Waals surface area contributed by atoms with Crippen LogP contribution in [0.25, 0.3) is 0 Å². The quantitative estimate of drug-likeness (QED) is 0.655. The van der Waals surface area contributed by atoms with Gasteiger partial charge in [-0.2, -0.15) is 0 Å². The summed E-state index contributed by atoms with van der Waals surface area (Å²) in [6.45, 7) is 2.89. The van der Waals surface area contributed by atoms with Crippen LogP contribution in [0.1, 0.15) is 18.9 Å². The molecular formula is C12H18BrN3O. The average molecular weight is 300 g/mol. The molecule has 0 saturated carbocycles. The van der Waals surface area contributed by atoms with Gasteiger partial charge in [0.25, 0.3) is 0 Å². The predicted octanol–water partition coefficient (Wildman–Crippen LogP) is 1.64. The van der Waals surface area contributed by atoms with E-state index in [0.29, 0.717) is 12.0 Å². The van der Waals surface area contributed by atoms with Crippen molar-refractivity contribution in [1.82, 2.24) is 10.4 Å². The van der Waals surface area contributed by atoms with Crippen LogP contribution in [0, 0.1) is 5.92 Å². The lowest BCUT2D eigenvalue weighted by Gasteiger charge is -2.21. The van der Waals surface area contributed by atoms with Crippen molar-refractivity contribution in [1.29, 1.82) is 0 Å². The fraction of sp³-hybridized carbons (Fsp3) is 0.583. The number of halogens is 1. The third-order valence-electron chi connectivity index (χ3n) is 3.23. The van der Waals surface area contributed by atoms with Gasteiger partial charge in [-0.05, 0) is 47.3 Å². The maximum Gasteiger partial charge on any atom is 0.0551 e. The van der Waals surface area contributed by atoms with Crippen LogP contribution in [0.2, 0.25) is 0 Å². The number of ether oxygens (including phenoxy) is 1. The van der Waals surface area contributed by atoms with Gasteiger partial charge in [-0.1, -0.05) is 0 Å². The fourth-order valence-electron chi connectivity index (χ4n) is 2.31. The van der Waals surface area contributed by atoms with E-state index in [2.05, 4.69) is 39.3 Å². The Morgan fingerprint density at radius 1 is 1.65 bits per heavy atom. The number of aromatic nitrogens is 1. The van der Waals surface area contributed by atoms with Crippen LogP contribution in [0.4, 0.5) is 0 Å². The molecule has 0 spiro atoms.